The van der Waals surface area contributed by atoms with E-state index in [0.717, 1.165) is 22.5 Å². The van der Waals surface area contributed by atoms with Crippen LogP contribution in [0.3, 0.4) is 0 Å². The summed E-state index contributed by atoms with van der Waals surface area (Å²) in [6.07, 6.45) is 0. The van der Waals surface area contributed by atoms with Crippen molar-refractivity contribution in [3.63, 3.8) is 0 Å². The monoisotopic (exact) mass is 347 g/mol. The third-order valence-electron chi connectivity index (χ3n) is 3.30. The molecular weight excluding hydrogens is 326 g/mol. The Morgan fingerprint density at radius 2 is 1.95 bits per heavy atom. The average Bonchev–Trinajstić information content (AvgIpc) is 2.44. The van der Waals surface area contributed by atoms with Gasteiger partial charge in [0.2, 0.25) is 0 Å². The van der Waals surface area contributed by atoms with E-state index in [1.165, 1.54) is 11.1 Å². The van der Waals surface area contributed by atoms with Crippen molar-refractivity contribution in [2.45, 2.75) is 26.7 Å². The van der Waals surface area contributed by atoms with Gasteiger partial charge in [-0.15, -0.1) is 0 Å². The number of anilines is 1. The lowest BCUT2D eigenvalue weighted by Crippen LogP contribution is -2.12. The van der Waals surface area contributed by atoms with Crippen LogP contribution in [0.15, 0.2) is 46.9 Å². The largest absolute Gasteiger partial charge is 0.491 e. The molecule has 0 spiro atoms. The zero-order valence-electron chi connectivity index (χ0n) is 12.8. The lowest BCUT2D eigenvalue weighted by molar-refractivity contribution is 0.328. The lowest BCUT2D eigenvalue weighted by atomic mass is 10.0. The minimum atomic E-state index is 0.447. The van der Waals surface area contributed by atoms with Gasteiger partial charge in [0.05, 0.1) is 0 Å². The number of hydrogen-bond acceptors (Lipinski definition) is 2. The molecule has 0 aliphatic carbocycles. The number of aryl methyl sites for hydroxylation is 1. The van der Waals surface area contributed by atoms with Crippen LogP contribution in [0.1, 0.15) is 30.9 Å². The van der Waals surface area contributed by atoms with Gasteiger partial charge in [-0.3, -0.25) is 0 Å². The molecule has 2 aromatic carbocycles. The molecule has 0 radical (unpaired) electrons. The molecule has 0 aromatic heterocycles. The van der Waals surface area contributed by atoms with Crippen molar-refractivity contribution in [1.29, 1.82) is 0 Å². The summed E-state index contributed by atoms with van der Waals surface area (Å²) in [6.45, 7) is 7.89. The quantitative estimate of drug-likeness (QED) is 0.709. The summed E-state index contributed by atoms with van der Waals surface area (Å²) in [6, 6.07) is 14.6. The normalized spacial score (nSPS) is 10.7. The Kier molecular flexibility index (Phi) is 5.68. The smallest absolute Gasteiger partial charge is 0.122 e. The fourth-order valence-corrected chi connectivity index (χ4v) is 2.59. The van der Waals surface area contributed by atoms with Crippen molar-refractivity contribution >= 4 is 21.6 Å². The number of ether oxygens (including phenoxy) is 1. The minimum Gasteiger partial charge on any atom is -0.491 e. The zero-order valence-corrected chi connectivity index (χ0v) is 14.4. The molecule has 0 heterocycles. The van der Waals surface area contributed by atoms with E-state index in [1.54, 1.807) is 0 Å². The van der Waals surface area contributed by atoms with Gasteiger partial charge < -0.3 is 10.1 Å². The first-order valence-corrected chi connectivity index (χ1v) is 8.08. The van der Waals surface area contributed by atoms with Crippen LogP contribution >= 0.6 is 15.9 Å². The number of benzene rings is 2. The first-order chi connectivity index (χ1) is 10.1. The van der Waals surface area contributed by atoms with Crippen molar-refractivity contribution < 1.29 is 4.74 Å². The van der Waals surface area contributed by atoms with E-state index in [-0.39, 0.29) is 0 Å². The molecule has 3 heteroatoms. The summed E-state index contributed by atoms with van der Waals surface area (Å²) in [5.74, 6) is 1.42. The Hall–Kier alpha value is -1.48. The maximum atomic E-state index is 5.92. The Balaban J connectivity index is 1.89. The average molecular weight is 348 g/mol. The fourth-order valence-electron chi connectivity index (χ4n) is 2.21. The zero-order chi connectivity index (χ0) is 15.2. The number of nitrogens with one attached hydrogen (secondary N) is 1. The first kappa shape index (κ1) is 15.9. The molecule has 0 unspecified atom stereocenters. The summed E-state index contributed by atoms with van der Waals surface area (Å²) < 4.78 is 7.02. The van der Waals surface area contributed by atoms with Gasteiger partial charge >= 0.3 is 0 Å². The van der Waals surface area contributed by atoms with Crippen LogP contribution in [0, 0.1) is 6.92 Å². The highest BCUT2D eigenvalue weighted by Crippen LogP contribution is 2.29. The van der Waals surface area contributed by atoms with E-state index < -0.39 is 0 Å². The van der Waals surface area contributed by atoms with Gasteiger partial charge in [0, 0.05) is 16.7 Å². The van der Waals surface area contributed by atoms with Crippen molar-refractivity contribution in [3.8, 4) is 5.75 Å². The Morgan fingerprint density at radius 1 is 1.14 bits per heavy atom. The second-order valence-electron chi connectivity index (χ2n) is 5.48. The van der Waals surface area contributed by atoms with Crippen LogP contribution in [0.4, 0.5) is 5.69 Å². The van der Waals surface area contributed by atoms with Gasteiger partial charge in [-0.2, -0.15) is 0 Å². The topological polar surface area (TPSA) is 21.3 Å². The van der Waals surface area contributed by atoms with E-state index in [0.29, 0.717) is 12.5 Å². The lowest BCUT2D eigenvalue weighted by Gasteiger charge is -2.15. The van der Waals surface area contributed by atoms with Crippen LogP contribution in [0.25, 0.3) is 0 Å². The highest BCUT2D eigenvalue weighted by molar-refractivity contribution is 9.10. The summed E-state index contributed by atoms with van der Waals surface area (Å²) in [5.41, 5.74) is 3.63. The van der Waals surface area contributed by atoms with Crippen LogP contribution < -0.4 is 10.1 Å². The molecule has 112 valence electrons. The van der Waals surface area contributed by atoms with Gasteiger partial charge in [0.25, 0.3) is 0 Å². The van der Waals surface area contributed by atoms with Crippen molar-refractivity contribution in [3.05, 3.63) is 58.1 Å². The second-order valence-corrected chi connectivity index (χ2v) is 6.40. The predicted octanol–water partition coefficient (Wildman–Crippen LogP) is 5.37. The molecule has 2 aromatic rings. The van der Waals surface area contributed by atoms with E-state index in [9.17, 15) is 0 Å². The van der Waals surface area contributed by atoms with Crippen LogP contribution in [0.5, 0.6) is 5.75 Å². The maximum absolute atomic E-state index is 5.92. The van der Waals surface area contributed by atoms with Crippen molar-refractivity contribution in [2.75, 3.05) is 18.5 Å². The SMILES string of the molecule is Cc1cccc(NCCOc2ccc(Br)cc2C(C)C)c1. The third-order valence-corrected chi connectivity index (χ3v) is 3.79. The van der Waals surface area contributed by atoms with Crippen LogP contribution in [-0.2, 0) is 0 Å². The number of halogens is 1. The molecule has 0 saturated heterocycles. The van der Waals surface area contributed by atoms with Crippen LogP contribution in [0.2, 0.25) is 0 Å². The summed E-state index contributed by atoms with van der Waals surface area (Å²) >= 11 is 3.52. The van der Waals surface area contributed by atoms with E-state index in [4.69, 9.17) is 4.74 Å². The number of rotatable bonds is 6. The predicted molar refractivity (Wildman–Crippen MR) is 93.4 cm³/mol. The molecule has 21 heavy (non-hydrogen) atoms. The molecule has 0 bridgehead atoms. The molecule has 1 N–H and O–H groups in total. The highest BCUT2D eigenvalue weighted by Gasteiger charge is 2.08. The standard InChI is InChI=1S/C18H22BrNO/c1-13(2)17-12-15(19)7-8-18(17)21-10-9-20-16-6-4-5-14(3)11-16/h4-8,11-13,20H,9-10H2,1-3H3. The Bertz CT molecular complexity index is 596. The molecule has 0 atom stereocenters. The molecule has 2 rings (SSSR count). The Labute approximate surface area is 135 Å². The summed E-state index contributed by atoms with van der Waals surface area (Å²) in [4.78, 5) is 0. The first-order valence-electron chi connectivity index (χ1n) is 7.29. The molecule has 0 amide bonds. The number of hydrogen-bond donors (Lipinski definition) is 1. The molecule has 2 nitrogen and oxygen atoms in total. The second kappa shape index (κ2) is 7.51. The highest BCUT2D eigenvalue weighted by atomic mass is 79.9. The Morgan fingerprint density at radius 3 is 2.67 bits per heavy atom. The summed E-state index contributed by atoms with van der Waals surface area (Å²) in [5, 5.41) is 3.38. The van der Waals surface area contributed by atoms with E-state index >= 15 is 0 Å². The van der Waals surface area contributed by atoms with Gasteiger partial charge in [-0.05, 0) is 54.3 Å². The van der Waals surface area contributed by atoms with Gasteiger partial charge in [-0.25, -0.2) is 0 Å². The van der Waals surface area contributed by atoms with Gasteiger partial charge in [-0.1, -0.05) is 41.9 Å². The van der Waals surface area contributed by atoms with Gasteiger partial charge in [0.1, 0.15) is 12.4 Å². The minimum absolute atomic E-state index is 0.447. The maximum Gasteiger partial charge on any atom is 0.122 e. The molecular formula is C18H22BrNO. The fraction of sp³-hybridized carbons (Fsp3) is 0.333. The molecule has 0 aliphatic rings. The van der Waals surface area contributed by atoms with Crippen LogP contribution in [-0.4, -0.2) is 13.2 Å². The van der Waals surface area contributed by atoms with Crippen molar-refractivity contribution in [1.82, 2.24) is 0 Å². The molecule has 0 aliphatic heterocycles. The van der Waals surface area contributed by atoms with E-state index in [2.05, 4.69) is 72.3 Å². The third kappa shape index (κ3) is 4.78. The van der Waals surface area contributed by atoms with E-state index in [1.807, 2.05) is 12.1 Å². The van der Waals surface area contributed by atoms with Gasteiger partial charge in [0.15, 0.2) is 0 Å². The van der Waals surface area contributed by atoms with Crippen molar-refractivity contribution in [2.24, 2.45) is 0 Å². The molecule has 0 saturated carbocycles. The summed E-state index contributed by atoms with van der Waals surface area (Å²) in [7, 11) is 0. The molecule has 0 fully saturated rings.